The molecule has 0 unspecified atom stereocenters. The zero-order valence-corrected chi connectivity index (χ0v) is 17.4. The average Bonchev–Trinajstić information content (AvgIpc) is 3.17. The first-order valence-electron chi connectivity index (χ1n) is 9.12. The van der Waals surface area contributed by atoms with Gasteiger partial charge in [-0.3, -0.25) is 4.79 Å². The summed E-state index contributed by atoms with van der Waals surface area (Å²) in [4.78, 5) is 20.9. The van der Waals surface area contributed by atoms with Gasteiger partial charge in [0.25, 0.3) is 5.91 Å². The predicted molar refractivity (Wildman–Crippen MR) is 111 cm³/mol. The number of piperazine rings is 1. The molecule has 0 aliphatic carbocycles. The number of carbonyl (C=O) groups excluding carboxylic acids is 1. The Labute approximate surface area is 179 Å². The third kappa shape index (κ3) is 3.91. The van der Waals surface area contributed by atoms with Gasteiger partial charge in [-0.1, -0.05) is 29.0 Å². The largest absolute Gasteiger partial charge is 0.493 e. The second kappa shape index (κ2) is 7.96. The Hall–Kier alpha value is -2.52. The van der Waals surface area contributed by atoms with E-state index >= 15 is 0 Å². The first-order chi connectivity index (χ1) is 14.3. The van der Waals surface area contributed by atoms with Crippen LogP contribution in [0.3, 0.4) is 0 Å². The van der Waals surface area contributed by atoms with Crippen molar-refractivity contribution in [2.45, 2.75) is 6.18 Å². The van der Waals surface area contributed by atoms with Crippen molar-refractivity contribution in [1.29, 1.82) is 0 Å². The fraction of sp³-hybridized carbons (Fsp3) is 0.300. The maximum Gasteiger partial charge on any atom is 0.416 e. The Morgan fingerprint density at radius 3 is 2.57 bits per heavy atom. The van der Waals surface area contributed by atoms with Gasteiger partial charge in [-0.15, -0.1) is 0 Å². The molecule has 1 fully saturated rings. The van der Waals surface area contributed by atoms with Gasteiger partial charge in [0.1, 0.15) is 5.52 Å². The number of anilines is 1. The molecule has 1 aromatic heterocycles. The first kappa shape index (κ1) is 20.7. The van der Waals surface area contributed by atoms with Crippen LogP contribution < -0.4 is 9.64 Å². The molecule has 0 saturated carbocycles. The van der Waals surface area contributed by atoms with Gasteiger partial charge in [0, 0.05) is 31.7 Å². The van der Waals surface area contributed by atoms with E-state index in [-0.39, 0.29) is 5.56 Å². The van der Waals surface area contributed by atoms with Crippen LogP contribution >= 0.6 is 22.9 Å². The number of thiazole rings is 1. The fourth-order valence-corrected chi connectivity index (χ4v) is 4.62. The van der Waals surface area contributed by atoms with Crippen molar-refractivity contribution in [2.75, 3.05) is 38.2 Å². The third-order valence-electron chi connectivity index (χ3n) is 4.93. The minimum Gasteiger partial charge on any atom is -0.493 e. The van der Waals surface area contributed by atoms with Gasteiger partial charge in [-0.05, 0) is 30.3 Å². The van der Waals surface area contributed by atoms with E-state index in [4.69, 9.17) is 16.3 Å². The van der Waals surface area contributed by atoms with Crippen molar-refractivity contribution in [1.82, 2.24) is 9.88 Å². The van der Waals surface area contributed by atoms with E-state index in [1.54, 1.807) is 11.0 Å². The molecule has 4 rings (SSSR count). The number of aromatic nitrogens is 1. The van der Waals surface area contributed by atoms with Gasteiger partial charge in [0.2, 0.25) is 0 Å². The van der Waals surface area contributed by atoms with Crippen LogP contribution in [0.25, 0.3) is 10.2 Å². The average molecular weight is 456 g/mol. The van der Waals surface area contributed by atoms with Crippen LogP contribution in [-0.4, -0.2) is 49.1 Å². The lowest BCUT2D eigenvalue weighted by Crippen LogP contribution is -2.48. The first-order valence-corrected chi connectivity index (χ1v) is 10.3. The molecule has 3 aromatic rings. The molecule has 30 heavy (non-hydrogen) atoms. The second-order valence-electron chi connectivity index (χ2n) is 6.78. The fourth-order valence-electron chi connectivity index (χ4n) is 3.37. The van der Waals surface area contributed by atoms with E-state index in [1.165, 1.54) is 30.6 Å². The summed E-state index contributed by atoms with van der Waals surface area (Å²) in [5, 5.41) is 1.27. The molecule has 2 heterocycles. The van der Waals surface area contributed by atoms with E-state index < -0.39 is 17.6 Å². The topological polar surface area (TPSA) is 45.7 Å². The molecule has 158 valence electrons. The lowest BCUT2D eigenvalue weighted by atomic mass is 10.1. The maximum absolute atomic E-state index is 12.9. The monoisotopic (exact) mass is 455 g/mol. The Morgan fingerprint density at radius 1 is 1.17 bits per heavy atom. The number of alkyl halides is 3. The number of hydrogen-bond donors (Lipinski definition) is 0. The highest BCUT2D eigenvalue weighted by Crippen LogP contribution is 2.38. The van der Waals surface area contributed by atoms with Gasteiger partial charge in [-0.2, -0.15) is 13.2 Å². The van der Waals surface area contributed by atoms with Gasteiger partial charge < -0.3 is 14.5 Å². The molecule has 0 atom stereocenters. The number of fused-ring (bicyclic) bond motifs is 1. The molecule has 1 aliphatic rings. The van der Waals surface area contributed by atoms with Crippen LogP contribution in [0.1, 0.15) is 15.9 Å². The minimum absolute atomic E-state index is 0.0395. The molecule has 0 bridgehead atoms. The Bertz CT molecular complexity index is 1090. The Balaban J connectivity index is 1.48. The highest BCUT2D eigenvalue weighted by Gasteiger charge is 2.32. The summed E-state index contributed by atoms with van der Waals surface area (Å²) in [7, 11) is 1.54. The molecule has 0 spiro atoms. The van der Waals surface area contributed by atoms with Crippen LogP contribution in [0.15, 0.2) is 36.4 Å². The number of rotatable bonds is 3. The van der Waals surface area contributed by atoms with Crippen molar-refractivity contribution in [3.05, 3.63) is 52.5 Å². The lowest BCUT2D eigenvalue weighted by Gasteiger charge is -2.34. The number of hydrogen-bond acceptors (Lipinski definition) is 5. The minimum atomic E-state index is -4.48. The molecule has 0 radical (unpaired) electrons. The lowest BCUT2D eigenvalue weighted by molar-refractivity contribution is -0.137. The summed E-state index contributed by atoms with van der Waals surface area (Å²) in [5.74, 6) is 0.119. The van der Waals surface area contributed by atoms with Gasteiger partial charge in [0.05, 0.1) is 22.4 Å². The van der Waals surface area contributed by atoms with Gasteiger partial charge >= 0.3 is 6.18 Å². The zero-order valence-electron chi connectivity index (χ0n) is 15.9. The van der Waals surface area contributed by atoms with Crippen LogP contribution in [0.5, 0.6) is 5.75 Å². The van der Waals surface area contributed by atoms with Crippen molar-refractivity contribution in [2.24, 2.45) is 0 Å². The van der Waals surface area contributed by atoms with Crippen LogP contribution in [0, 0.1) is 0 Å². The Kier molecular flexibility index (Phi) is 5.50. The number of ether oxygens (including phenoxy) is 1. The van der Waals surface area contributed by atoms with Gasteiger partial charge in [0.15, 0.2) is 10.9 Å². The maximum atomic E-state index is 12.9. The van der Waals surface area contributed by atoms with Crippen molar-refractivity contribution < 1.29 is 22.7 Å². The highest BCUT2D eigenvalue weighted by molar-refractivity contribution is 7.22. The summed E-state index contributed by atoms with van der Waals surface area (Å²) >= 11 is 7.66. The van der Waals surface area contributed by atoms with Crippen LogP contribution in [0.2, 0.25) is 5.02 Å². The number of nitrogens with zero attached hydrogens (tertiary/aromatic N) is 3. The number of benzene rings is 2. The smallest absolute Gasteiger partial charge is 0.416 e. The molecular weight excluding hydrogens is 439 g/mol. The standard InChI is InChI=1S/C20H17ClF3N3O2S/c1-29-17-14(21)5-6-15-16(17)25-19(30-15)27-9-7-26(8-10-27)18(28)12-3-2-4-13(11-12)20(22,23)24/h2-6,11H,7-10H2,1H3. The highest BCUT2D eigenvalue weighted by atomic mass is 35.5. The number of methoxy groups -OCH3 is 1. The molecule has 5 nitrogen and oxygen atoms in total. The second-order valence-corrected chi connectivity index (χ2v) is 8.20. The summed E-state index contributed by atoms with van der Waals surface area (Å²) in [6, 6.07) is 8.17. The van der Waals surface area contributed by atoms with Crippen molar-refractivity contribution >= 4 is 44.2 Å². The summed E-state index contributed by atoms with van der Waals surface area (Å²) in [6.45, 7) is 1.84. The van der Waals surface area contributed by atoms with E-state index in [1.807, 2.05) is 11.0 Å². The molecular formula is C20H17ClF3N3O2S. The van der Waals surface area contributed by atoms with Crippen molar-refractivity contribution in [3.63, 3.8) is 0 Å². The van der Waals surface area contributed by atoms with Crippen molar-refractivity contribution in [3.8, 4) is 5.75 Å². The quantitative estimate of drug-likeness (QED) is 0.561. The molecule has 0 N–H and O–H groups in total. The van der Waals surface area contributed by atoms with Crippen LogP contribution in [-0.2, 0) is 6.18 Å². The van der Waals surface area contributed by atoms with Gasteiger partial charge in [-0.25, -0.2) is 4.98 Å². The zero-order chi connectivity index (χ0) is 21.5. The molecule has 10 heteroatoms. The molecule has 1 amide bonds. The molecule has 1 aliphatic heterocycles. The van der Waals surface area contributed by atoms with Crippen LogP contribution in [0.4, 0.5) is 18.3 Å². The number of carbonyl (C=O) groups is 1. The molecule has 2 aromatic carbocycles. The van der Waals surface area contributed by atoms with E-state index in [9.17, 15) is 18.0 Å². The third-order valence-corrected chi connectivity index (χ3v) is 6.31. The predicted octanol–water partition coefficient (Wildman–Crippen LogP) is 4.94. The van der Waals surface area contributed by atoms with E-state index in [2.05, 4.69) is 4.98 Å². The molecule has 1 saturated heterocycles. The normalized spacial score (nSPS) is 15.0. The number of amides is 1. The summed E-state index contributed by atoms with van der Waals surface area (Å²) in [5.41, 5.74) is -0.0980. The number of halogens is 4. The Morgan fingerprint density at radius 2 is 1.90 bits per heavy atom. The van der Waals surface area contributed by atoms with E-state index in [0.717, 1.165) is 22.0 Å². The summed E-state index contributed by atoms with van der Waals surface area (Å²) < 4.78 is 45.1. The van der Waals surface area contributed by atoms with E-state index in [0.29, 0.717) is 42.5 Å². The summed E-state index contributed by atoms with van der Waals surface area (Å²) in [6.07, 6.45) is -4.48. The SMILES string of the molecule is COc1c(Cl)ccc2sc(N3CCN(C(=O)c4cccc(C(F)(F)F)c4)CC3)nc12.